The van der Waals surface area contributed by atoms with Crippen molar-refractivity contribution in [3.63, 3.8) is 0 Å². The van der Waals surface area contributed by atoms with Crippen molar-refractivity contribution in [1.29, 1.82) is 0 Å². The van der Waals surface area contributed by atoms with Gasteiger partial charge in [-0.05, 0) is 14.0 Å². The molecule has 0 bridgehead atoms. The third kappa shape index (κ3) is 2.65. The lowest BCUT2D eigenvalue weighted by molar-refractivity contribution is -0.142. The van der Waals surface area contributed by atoms with Gasteiger partial charge in [-0.1, -0.05) is 12.2 Å². The maximum atomic E-state index is 11.3. The summed E-state index contributed by atoms with van der Waals surface area (Å²) in [6.07, 6.45) is 1.40. The van der Waals surface area contributed by atoms with Gasteiger partial charge in [0.05, 0.1) is 11.6 Å². The smallest absolute Gasteiger partial charge is 0.323 e. The number of nitrogens with two attached hydrogens (primary N) is 1. The molecule has 1 fully saturated rings. The standard InChI is InChI=1S/C9H16N2O2S/c1-6(5-8(10)14)11(2)7-3-4-13-9(7)12/h6-7H,3-5H2,1-2H3,(H2,10,14). The first-order valence-electron chi connectivity index (χ1n) is 4.69. The Labute approximate surface area is 89.4 Å². The highest BCUT2D eigenvalue weighted by molar-refractivity contribution is 7.80. The normalized spacial score (nSPS) is 23.6. The predicted molar refractivity (Wildman–Crippen MR) is 58.0 cm³/mol. The van der Waals surface area contributed by atoms with E-state index in [4.69, 9.17) is 22.7 Å². The molecule has 80 valence electrons. The van der Waals surface area contributed by atoms with E-state index in [0.717, 1.165) is 6.42 Å². The Kier molecular flexibility index (Phi) is 3.83. The quantitative estimate of drug-likeness (QED) is 0.541. The molecule has 0 aliphatic carbocycles. The predicted octanol–water partition coefficient (Wildman–Crippen LogP) is 0.298. The average molecular weight is 216 g/mol. The summed E-state index contributed by atoms with van der Waals surface area (Å²) >= 11 is 4.83. The van der Waals surface area contributed by atoms with Crippen LogP contribution < -0.4 is 5.73 Å². The molecule has 4 nitrogen and oxygen atoms in total. The third-order valence-electron chi connectivity index (χ3n) is 2.59. The molecule has 0 aromatic heterocycles. The van der Waals surface area contributed by atoms with Crippen molar-refractivity contribution in [1.82, 2.24) is 4.90 Å². The molecule has 0 spiro atoms. The molecule has 2 unspecified atom stereocenters. The molecule has 1 heterocycles. The summed E-state index contributed by atoms with van der Waals surface area (Å²) in [7, 11) is 1.90. The molecule has 0 amide bonds. The summed E-state index contributed by atoms with van der Waals surface area (Å²) in [6.45, 7) is 2.53. The van der Waals surface area contributed by atoms with Crippen LogP contribution in [0.15, 0.2) is 0 Å². The fourth-order valence-corrected chi connectivity index (χ4v) is 1.84. The highest BCUT2D eigenvalue weighted by atomic mass is 32.1. The number of carbonyl (C=O) groups is 1. The van der Waals surface area contributed by atoms with Gasteiger partial charge in [-0.2, -0.15) is 0 Å². The highest BCUT2D eigenvalue weighted by Crippen LogP contribution is 2.16. The maximum absolute atomic E-state index is 11.3. The SMILES string of the molecule is CC(CC(N)=S)N(C)C1CCOC1=O. The summed E-state index contributed by atoms with van der Waals surface area (Å²) in [5.41, 5.74) is 5.45. The lowest BCUT2D eigenvalue weighted by atomic mass is 10.1. The number of nitrogens with zero attached hydrogens (tertiary/aromatic N) is 1. The number of hydrogen-bond acceptors (Lipinski definition) is 4. The molecule has 2 atom stereocenters. The minimum absolute atomic E-state index is 0.126. The van der Waals surface area contributed by atoms with E-state index in [1.807, 2.05) is 18.9 Å². The molecule has 2 N–H and O–H groups in total. The molecule has 5 heteroatoms. The Morgan fingerprint density at radius 2 is 2.50 bits per heavy atom. The first-order chi connectivity index (χ1) is 6.52. The van der Waals surface area contributed by atoms with Crippen LogP contribution in [0.25, 0.3) is 0 Å². The molecule has 1 saturated heterocycles. The Hall–Kier alpha value is -0.680. The molecule has 1 rings (SSSR count). The van der Waals surface area contributed by atoms with E-state index in [9.17, 15) is 4.79 Å². The summed E-state index contributed by atoms with van der Waals surface area (Å²) in [5, 5.41) is 0. The molecular weight excluding hydrogens is 200 g/mol. The lowest BCUT2D eigenvalue weighted by Gasteiger charge is -2.27. The molecule has 14 heavy (non-hydrogen) atoms. The first kappa shape index (κ1) is 11.4. The molecule has 1 aliphatic rings. The van der Waals surface area contributed by atoms with Gasteiger partial charge in [0.1, 0.15) is 6.04 Å². The molecule has 1 aliphatic heterocycles. The zero-order valence-corrected chi connectivity index (χ0v) is 9.34. The Balaban J connectivity index is 2.50. The van der Waals surface area contributed by atoms with E-state index in [-0.39, 0.29) is 18.1 Å². The largest absolute Gasteiger partial charge is 0.464 e. The molecule has 0 aromatic rings. The van der Waals surface area contributed by atoms with Crippen LogP contribution in [-0.2, 0) is 9.53 Å². The van der Waals surface area contributed by atoms with Gasteiger partial charge in [-0.25, -0.2) is 0 Å². The monoisotopic (exact) mass is 216 g/mol. The first-order valence-corrected chi connectivity index (χ1v) is 5.10. The van der Waals surface area contributed by atoms with Crippen LogP contribution in [0.4, 0.5) is 0 Å². The van der Waals surface area contributed by atoms with Gasteiger partial charge in [0.2, 0.25) is 0 Å². The van der Waals surface area contributed by atoms with E-state index in [0.29, 0.717) is 18.0 Å². The van der Waals surface area contributed by atoms with Crippen molar-refractivity contribution < 1.29 is 9.53 Å². The van der Waals surface area contributed by atoms with Gasteiger partial charge >= 0.3 is 5.97 Å². The number of thiocarbonyl (C=S) groups is 1. The van der Waals surface area contributed by atoms with Gasteiger partial charge in [0.25, 0.3) is 0 Å². The second-order valence-corrected chi connectivity index (χ2v) is 4.18. The second-order valence-electron chi connectivity index (χ2n) is 3.66. The minimum Gasteiger partial charge on any atom is -0.464 e. The van der Waals surface area contributed by atoms with Crippen LogP contribution in [0.5, 0.6) is 0 Å². The Morgan fingerprint density at radius 1 is 1.86 bits per heavy atom. The van der Waals surface area contributed by atoms with Crippen LogP contribution in [0, 0.1) is 0 Å². The van der Waals surface area contributed by atoms with Crippen LogP contribution in [0.1, 0.15) is 19.8 Å². The number of likely N-dealkylation sites (N-methyl/N-ethyl adjacent to an activating group) is 1. The fourth-order valence-electron chi connectivity index (χ4n) is 1.60. The number of carbonyl (C=O) groups excluding carboxylic acids is 1. The summed E-state index contributed by atoms with van der Waals surface area (Å²) in [6, 6.07) is 0.0579. The third-order valence-corrected chi connectivity index (χ3v) is 2.76. The molecule has 0 saturated carbocycles. The van der Waals surface area contributed by atoms with Crippen molar-refractivity contribution in [2.45, 2.75) is 31.8 Å². The minimum atomic E-state index is -0.137. The molecule has 0 radical (unpaired) electrons. The molecule has 0 aromatic carbocycles. The zero-order valence-electron chi connectivity index (χ0n) is 8.53. The van der Waals surface area contributed by atoms with Crippen molar-refractivity contribution >= 4 is 23.2 Å². The van der Waals surface area contributed by atoms with Crippen LogP contribution in [-0.4, -0.2) is 41.6 Å². The van der Waals surface area contributed by atoms with E-state index >= 15 is 0 Å². The van der Waals surface area contributed by atoms with Gasteiger partial charge in [-0.15, -0.1) is 0 Å². The topological polar surface area (TPSA) is 55.6 Å². The van der Waals surface area contributed by atoms with Gasteiger partial charge in [-0.3, -0.25) is 9.69 Å². The number of esters is 1. The van der Waals surface area contributed by atoms with Crippen molar-refractivity contribution in [2.24, 2.45) is 5.73 Å². The van der Waals surface area contributed by atoms with Crippen molar-refractivity contribution in [3.8, 4) is 0 Å². The highest BCUT2D eigenvalue weighted by Gasteiger charge is 2.32. The Bertz CT molecular complexity index is 245. The van der Waals surface area contributed by atoms with Crippen LogP contribution in [0.2, 0.25) is 0 Å². The second kappa shape index (κ2) is 4.70. The van der Waals surface area contributed by atoms with Gasteiger partial charge in [0.15, 0.2) is 0 Å². The fraction of sp³-hybridized carbons (Fsp3) is 0.778. The van der Waals surface area contributed by atoms with E-state index < -0.39 is 0 Å². The summed E-state index contributed by atoms with van der Waals surface area (Å²) in [4.78, 5) is 13.7. The van der Waals surface area contributed by atoms with Crippen molar-refractivity contribution in [2.75, 3.05) is 13.7 Å². The van der Waals surface area contributed by atoms with Crippen LogP contribution in [0.3, 0.4) is 0 Å². The number of hydrogen-bond donors (Lipinski definition) is 1. The lowest BCUT2D eigenvalue weighted by Crippen LogP contribution is -2.42. The summed E-state index contributed by atoms with van der Waals surface area (Å²) < 4.78 is 4.90. The zero-order chi connectivity index (χ0) is 10.7. The number of cyclic esters (lactones) is 1. The number of rotatable bonds is 4. The van der Waals surface area contributed by atoms with E-state index in [2.05, 4.69) is 0 Å². The van der Waals surface area contributed by atoms with Gasteiger partial charge < -0.3 is 10.5 Å². The van der Waals surface area contributed by atoms with E-state index in [1.165, 1.54) is 0 Å². The maximum Gasteiger partial charge on any atom is 0.323 e. The average Bonchev–Trinajstić information content (AvgIpc) is 2.48. The van der Waals surface area contributed by atoms with E-state index in [1.54, 1.807) is 0 Å². The summed E-state index contributed by atoms with van der Waals surface area (Å²) in [5.74, 6) is -0.137. The Morgan fingerprint density at radius 3 is 2.93 bits per heavy atom. The number of ether oxygens (including phenoxy) is 1. The van der Waals surface area contributed by atoms with Crippen molar-refractivity contribution in [3.05, 3.63) is 0 Å². The molecular formula is C9H16N2O2S. The van der Waals surface area contributed by atoms with Crippen LogP contribution >= 0.6 is 12.2 Å². The van der Waals surface area contributed by atoms with Gasteiger partial charge in [0, 0.05) is 18.9 Å².